The SMILES string of the molecule is COc1cccc(CCN[C@@H]2CC(=O)N(c3ccc(Cl)cc3)C2=O)c1. The van der Waals surface area contributed by atoms with Gasteiger partial charge in [0.05, 0.1) is 25.3 Å². The van der Waals surface area contributed by atoms with Crippen LogP contribution in [0.3, 0.4) is 0 Å². The van der Waals surface area contributed by atoms with Crippen molar-refractivity contribution in [1.29, 1.82) is 0 Å². The molecule has 1 aliphatic rings. The van der Waals surface area contributed by atoms with Crippen molar-refractivity contribution < 1.29 is 14.3 Å². The van der Waals surface area contributed by atoms with E-state index in [0.717, 1.165) is 17.7 Å². The number of methoxy groups -OCH3 is 1. The summed E-state index contributed by atoms with van der Waals surface area (Å²) in [7, 11) is 1.63. The summed E-state index contributed by atoms with van der Waals surface area (Å²) in [5.74, 6) is 0.378. The molecule has 2 aromatic rings. The van der Waals surface area contributed by atoms with E-state index < -0.39 is 6.04 Å². The molecular weight excluding hydrogens is 340 g/mol. The van der Waals surface area contributed by atoms with Gasteiger partial charge in [-0.15, -0.1) is 0 Å². The highest BCUT2D eigenvalue weighted by Gasteiger charge is 2.39. The Bertz CT molecular complexity index is 776. The van der Waals surface area contributed by atoms with E-state index in [-0.39, 0.29) is 18.2 Å². The van der Waals surface area contributed by atoms with Gasteiger partial charge in [0, 0.05) is 5.02 Å². The number of nitrogens with one attached hydrogen (secondary N) is 1. The van der Waals surface area contributed by atoms with E-state index in [1.165, 1.54) is 4.90 Å². The number of nitrogens with zero attached hydrogens (tertiary/aromatic N) is 1. The summed E-state index contributed by atoms with van der Waals surface area (Å²) in [6, 6.07) is 14.0. The number of carbonyl (C=O) groups excluding carboxylic acids is 2. The molecule has 1 N–H and O–H groups in total. The lowest BCUT2D eigenvalue weighted by molar-refractivity contribution is -0.121. The van der Waals surface area contributed by atoms with Crippen LogP contribution >= 0.6 is 11.6 Å². The van der Waals surface area contributed by atoms with E-state index in [2.05, 4.69) is 5.32 Å². The lowest BCUT2D eigenvalue weighted by Gasteiger charge is -2.15. The largest absolute Gasteiger partial charge is 0.497 e. The van der Waals surface area contributed by atoms with Crippen LogP contribution < -0.4 is 15.0 Å². The van der Waals surface area contributed by atoms with Gasteiger partial charge in [-0.25, -0.2) is 4.90 Å². The first-order valence-electron chi connectivity index (χ1n) is 8.07. The van der Waals surface area contributed by atoms with Crippen molar-refractivity contribution in [2.75, 3.05) is 18.6 Å². The molecule has 0 spiro atoms. The van der Waals surface area contributed by atoms with Gasteiger partial charge in [0.2, 0.25) is 5.91 Å². The maximum atomic E-state index is 12.5. The Kier molecular flexibility index (Phi) is 5.36. The molecule has 3 rings (SSSR count). The standard InChI is InChI=1S/C19H19ClN2O3/c1-25-16-4-2-3-13(11-16)9-10-21-17-12-18(23)22(19(17)24)15-7-5-14(20)6-8-15/h2-8,11,17,21H,9-10,12H2,1H3/t17-/m1/s1. The maximum absolute atomic E-state index is 12.5. The summed E-state index contributed by atoms with van der Waals surface area (Å²) in [5, 5.41) is 3.75. The number of halogens is 1. The van der Waals surface area contributed by atoms with Crippen molar-refractivity contribution in [2.24, 2.45) is 0 Å². The molecule has 2 aromatic carbocycles. The fourth-order valence-electron chi connectivity index (χ4n) is 2.87. The maximum Gasteiger partial charge on any atom is 0.251 e. The van der Waals surface area contributed by atoms with Crippen molar-refractivity contribution in [3.05, 3.63) is 59.1 Å². The second-order valence-electron chi connectivity index (χ2n) is 5.86. The summed E-state index contributed by atoms with van der Waals surface area (Å²) in [5.41, 5.74) is 1.66. The first kappa shape index (κ1) is 17.5. The zero-order chi connectivity index (χ0) is 17.8. The molecule has 1 aliphatic heterocycles. The van der Waals surface area contributed by atoms with Crippen LogP contribution in [-0.4, -0.2) is 31.5 Å². The molecule has 1 saturated heterocycles. The van der Waals surface area contributed by atoms with Crippen LogP contribution in [0.5, 0.6) is 5.75 Å². The van der Waals surface area contributed by atoms with Crippen LogP contribution in [0.25, 0.3) is 0 Å². The number of rotatable bonds is 6. The van der Waals surface area contributed by atoms with Gasteiger partial charge in [-0.2, -0.15) is 0 Å². The van der Waals surface area contributed by atoms with Crippen molar-refractivity contribution in [1.82, 2.24) is 5.32 Å². The molecule has 0 unspecified atom stereocenters. The summed E-state index contributed by atoms with van der Waals surface area (Å²) in [6.45, 7) is 0.602. The summed E-state index contributed by atoms with van der Waals surface area (Å²) >= 11 is 5.86. The minimum absolute atomic E-state index is 0.166. The number of ether oxygens (including phenoxy) is 1. The van der Waals surface area contributed by atoms with Gasteiger partial charge >= 0.3 is 0 Å². The van der Waals surface area contributed by atoms with E-state index >= 15 is 0 Å². The van der Waals surface area contributed by atoms with Gasteiger partial charge in [0.25, 0.3) is 5.91 Å². The lowest BCUT2D eigenvalue weighted by Crippen LogP contribution is -2.39. The highest BCUT2D eigenvalue weighted by Crippen LogP contribution is 2.24. The van der Waals surface area contributed by atoms with Crippen molar-refractivity contribution in [3.8, 4) is 5.75 Å². The molecule has 0 aliphatic carbocycles. The number of imide groups is 1. The summed E-state index contributed by atoms with van der Waals surface area (Å²) in [4.78, 5) is 26.0. The third-order valence-corrected chi connectivity index (χ3v) is 4.42. The highest BCUT2D eigenvalue weighted by molar-refractivity contribution is 6.30. The highest BCUT2D eigenvalue weighted by atomic mass is 35.5. The Labute approximate surface area is 151 Å². The number of hydrogen-bond donors (Lipinski definition) is 1. The predicted octanol–water partition coefficient (Wildman–Crippen LogP) is 2.81. The van der Waals surface area contributed by atoms with Crippen LogP contribution in [-0.2, 0) is 16.0 Å². The van der Waals surface area contributed by atoms with Gasteiger partial charge in [-0.05, 0) is 54.9 Å². The molecule has 0 saturated carbocycles. The molecule has 1 atom stereocenters. The second-order valence-corrected chi connectivity index (χ2v) is 6.29. The fraction of sp³-hybridized carbons (Fsp3) is 0.263. The Morgan fingerprint density at radius 3 is 2.68 bits per heavy atom. The fourth-order valence-corrected chi connectivity index (χ4v) is 3.00. The van der Waals surface area contributed by atoms with Crippen molar-refractivity contribution in [2.45, 2.75) is 18.9 Å². The Hall–Kier alpha value is -2.37. The Morgan fingerprint density at radius 1 is 1.20 bits per heavy atom. The Morgan fingerprint density at radius 2 is 1.96 bits per heavy atom. The first-order valence-corrected chi connectivity index (χ1v) is 8.45. The molecule has 1 heterocycles. The van der Waals surface area contributed by atoms with Gasteiger partial charge in [-0.3, -0.25) is 9.59 Å². The van der Waals surface area contributed by atoms with Crippen LogP contribution in [0.15, 0.2) is 48.5 Å². The molecule has 25 heavy (non-hydrogen) atoms. The topological polar surface area (TPSA) is 58.6 Å². The molecule has 5 nitrogen and oxygen atoms in total. The van der Waals surface area contributed by atoms with Crippen LogP contribution in [0.1, 0.15) is 12.0 Å². The van der Waals surface area contributed by atoms with E-state index in [1.54, 1.807) is 31.4 Å². The van der Waals surface area contributed by atoms with Crippen molar-refractivity contribution in [3.63, 3.8) is 0 Å². The zero-order valence-electron chi connectivity index (χ0n) is 13.9. The normalized spacial score (nSPS) is 17.2. The number of amides is 2. The monoisotopic (exact) mass is 358 g/mol. The number of carbonyl (C=O) groups is 2. The Balaban J connectivity index is 1.59. The first-order chi connectivity index (χ1) is 12.1. The minimum Gasteiger partial charge on any atom is -0.497 e. The average Bonchev–Trinajstić information content (AvgIpc) is 2.90. The summed E-state index contributed by atoms with van der Waals surface area (Å²) < 4.78 is 5.20. The van der Waals surface area contributed by atoms with E-state index in [9.17, 15) is 9.59 Å². The quantitative estimate of drug-likeness (QED) is 0.807. The lowest BCUT2D eigenvalue weighted by atomic mass is 10.1. The van der Waals surface area contributed by atoms with Crippen LogP contribution in [0.4, 0.5) is 5.69 Å². The zero-order valence-corrected chi connectivity index (χ0v) is 14.6. The molecule has 0 bridgehead atoms. The van der Waals surface area contributed by atoms with Crippen molar-refractivity contribution >= 4 is 29.1 Å². The average molecular weight is 359 g/mol. The molecule has 1 fully saturated rings. The van der Waals surface area contributed by atoms with Gasteiger partial charge in [0.15, 0.2) is 0 Å². The molecule has 0 aromatic heterocycles. The molecule has 130 valence electrons. The molecule has 0 radical (unpaired) electrons. The molecule has 6 heteroatoms. The third kappa shape index (κ3) is 4.00. The molecular formula is C19H19ClN2O3. The van der Waals surface area contributed by atoms with E-state index in [4.69, 9.17) is 16.3 Å². The number of hydrogen-bond acceptors (Lipinski definition) is 4. The number of anilines is 1. The third-order valence-electron chi connectivity index (χ3n) is 4.17. The van der Waals surface area contributed by atoms with Gasteiger partial charge in [-0.1, -0.05) is 23.7 Å². The molecule has 2 amide bonds. The van der Waals surface area contributed by atoms with Gasteiger partial charge < -0.3 is 10.1 Å². The summed E-state index contributed by atoms with van der Waals surface area (Å²) in [6.07, 6.45) is 0.912. The second kappa shape index (κ2) is 7.68. The van der Waals surface area contributed by atoms with E-state index in [0.29, 0.717) is 17.3 Å². The predicted molar refractivity (Wildman–Crippen MR) is 97.1 cm³/mol. The van der Waals surface area contributed by atoms with Crippen LogP contribution in [0, 0.1) is 0 Å². The van der Waals surface area contributed by atoms with Crippen LogP contribution in [0.2, 0.25) is 5.02 Å². The van der Waals surface area contributed by atoms with E-state index in [1.807, 2.05) is 24.3 Å². The smallest absolute Gasteiger partial charge is 0.251 e. The van der Waals surface area contributed by atoms with Gasteiger partial charge in [0.1, 0.15) is 5.75 Å². The minimum atomic E-state index is -0.492. The number of benzene rings is 2.